The largest absolute Gasteiger partial charge is 0.339 e. The first kappa shape index (κ1) is 24.0. The SMILES string of the molecule is C#C.C=C(C)C(=O)N(CC)CC1CCC(CN(CC)C(=O)C(=C)C)CC1. The zero-order valence-electron chi connectivity index (χ0n) is 17.1. The Bertz CT molecular complexity index is 469. The molecule has 0 aromatic rings. The molecule has 2 amide bonds. The van der Waals surface area contributed by atoms with Gasteiger partial charge in [0.2, 0.25) is 11.8 Å². The van der Waals surface area contributed by atoms with Crippen molar-refractivity contribution >= 4 is 11.8 Å². The zero-order chi connectivity index (χ0) is 20.3. The smallest absolute Gasteiger partial charge is 0.248 e. The third kappa shape index (κ3) is 7.47. The van der Waals surface area contributed by atoms with Crippen LogP contribution in [0, 0.1) is 24.7 Å². The van der Waals surface area contributed by atoms with Crippen molar-refractivity contribution in [3.05, 3.63) is 24.3 Å². The van der Waals surface area contributed by atoms with Crippen LogP contribution in [0.3, 0.4) is 0 Å². The molecule has 1 fully saturated rings. The van der Waals surface area contributed by atoms with E-state index in [0.29, 0.717) is 23.0 Å². The highest BCUT2D eigenvalue weighted by atomic mass is 16.2. The van der Waals surface area contributed by atoms with Gasteiger partial charge < -0.3 is 9.80 Å². The number of likely N-dealkylation sites (N-methyl/N-ethyl adjacent to an activating group) is 2. The molecule has 0 radical (unpaired) electrons. The van der Waals surface area contributed by atoms with Crippen LogP contribution in [0.1, 0.15) is 53.4 Å². The second kappa shape index (κ2) is 12.4. The first-order valence-electron chi connectivity index (χ1n) is 9.52. The van der Waals surface area contributed by atoms with E-state index in [4.69, 9.17) is 0 Å². The third-order valence-electron chi connectivity index (χ3n) is 4.99. The van der Waals surface area contributed by atoms with E-state index in [2.05, 4.69) is 26.0 Å². The maximum absolute atomic E-state index is 12.1. The number of amides is 2. The van der Waals surface area contributed by atoms with E-state index in [-0.39, 0.29) is 11.8 Å². The predicted molar refractivity (Wildman–Crippen MR) is 109 cm³/mol. The van der Waals surface area contributed by atoms with Crippen LogP contribution in [0.5, 0.6) is 0 Å². The van der Waals surface area contributed by atoms with E-state index in [9.17, 15) is 9.59 Å². The Kier molecular flexibility index (Phi) is 11.4. The topological polar surface area (TPSA) is 40.6 Å². The number of hydrogen-bond acceptors (Lipinski definition) is 2. The standard InChI is InChI=1S/C20H34N2O2.C2H2/c1-7-21(19(23)15(3)4)13-17-9-11-18(12-10-17)14-22(8-2)20(24)16(5)6;1-2/h17-18H,3,5,7-14H2,1-2,4,6H3;1-2H. The molecule has 0 unspecified atom stereocenters. The molecule has 4 heteroatoms. The molecule has 0 aromatic heterocycles. The Labute approximate surface area is 160 Å². The molecule has 0 bridgehead atoms. The van der Waals surface area contributed by atoms with Gasteiger partial charge in [-0.05, 0) is 65.2 Å². The number of carbonyl (C=O) groups excluding carboxylic acids is 2. The van der Waals surface area contributed by atoms with Crippen molar-refractivity contribution in [2.24, 2.45) is 11.8 Å². The first-order valence-corrected chi connectivity index (χ1v) is 9.52. The molecule has 1 rings (SSSR count). The van der Waals surface area contributed by atoms with Crippen LogP contribution in [0.15, 0.2) is 24.3 Å². The lowest BCUT2D eigenvalue weighted by Gasteiger charge is -2.34. The molecule has 0 aromatic carbocycles. The molecule has 1 aliphatic carbocycles. The lowest BCUT2D eigenvalue weighted by molar-refractivity contribution is -0.129. The Hall–Kier alpha value is -2.02. The maximum atomic E-state index is 12.1. The Morgan fingerprint density at radius 1 is 0.808 bits per heavy atom. The Balaban J connectivity index is 0.00000301. The van der Waals surface area contributed by atoms with Gasteiger partial charge in [0.05, 0.1) is 0 Å². The summed E-state index contributed by atoms with van der Waals surface area (Å²) in [5.74, 6) is 1.28. The molecule has 4 nitrogen and oxygen atoms in total. The monoisotopic (exact) mass is 360 g/mol. The van der Waals surface area contributed by atoms with Crippen molar-refractivity contribution in [2.45, 2.75) is 53.4 Å². The maximum Gasteiger partial charge on any atom is 0.248 e. The number of terminal acetylenes is 1. The molecule has 146 valence electrons. The summed E-state index contributed by atoms with van der Waals surface area (Å²) >= 11 is 0. The van der Waals surface area contributed by atoms with Crippen molar-refractivity contribution in [1.82, 2.24) is 9.80 Å². The molecule has 0 N–H and O–H groups in total. The molecule has 1 aliphatic rings. The molecule has 0 spiro atoms. The van der Waals surface area contributed by atoms with Crippen LogP contribution in [-0.4, -0.2) is 47.8 Å². The summed E-state index contributed by atoms with van der Waals surface area (Å²) in [5, 5.41) is 0. The lowest BCUT2D eigenvalue weighted by atomic mass is 9.81. The third-order valence-corrected chi connectivity index (χ3v) is 4.99. The highest BCUT2D eigenvalue weighted by Gasteiger charge is 2.26. The van der Waals surface area contributed by atoms with Gasteiger partial charge >= 0.3 is 0 Å². The first-order chi connectivity index (χ1) is 12.3. The number of carbonyl (C=O) groups is 2. The fourth-order valence-electron chi connectivity index (χ4n) is 3.47. The van der Waals surface area contributed by atoms with Crippen molar-refractivity contribution in [3.8, 4) is 12.8 Å². The van der Waals surface area contributed by atoms with Gasteiger partial charge in [0.1, 0.15) is 0 Å². The quantitative estimate of drug-likeness (QED) is 0.487. The van der Waals surface area contributed by atoms with E-state index in [0.717, 1.165) is 51.9 Å². The van der Waals surface area contributed by atoms with Crippen LogP contribution >= 0.6 is 0 Å². The van der Waals surface area contributed by atoms with E-state index < -0.39 is 0 Å². The van der Waals surface area contributed by atoms with Crippen molar-refractivity contribution in [1.29, 1.82) is 0 Å². The van der Waals surface area contributed by atoms with Crippen molar-refractivity contribution in [2.75, 3.05) is 26.2 Å². The second-order valence-corrected chi connectivity index (χ2v) is 7.13. The van der Waals surface area contributed by atoms with Gasteiger partial charge in [-0.25, -0.2) is 0 Å². The summed E-state index contributed by atoms with van der Waals surface area (Å²) < 4.78 is 0. The van der Waals surface area contributed by atoms with Crippen LogP contribution in [0.2, 0.25) is 0 Å². The molecular weight excluding hydrogens is 324 g/mol. The minimum atomic E-state index is 0.0730. The average molecular weight is 361 g/mol. The average Bonchev–Trinajstić information content (AvgIpc) is 2.65. The number of rotatable bonds is 8. The molecule has 0 heterocycles. The summed E-state index contributed by atoms with van der Waals surface area (Å²) in [6.07, 6.45) is 12.5. The van der Waals surface area contributed by atoms with Gasteiger partial charge in [0, 0.05) is 37.3 Å². The van der Waals surface area contributed by atoms with E-state index in [1.165, 1.54) is 0 Å². The van der Waals surface area contributed by atoms with Crippen molar-refractivity contribution in [3.63, 3.8) is 0 Å². The second-order valence-electron chi connectivity index (χ2n) is 7.13. The minimum Gasteiger partial charge on any atom is -0.339 e. The van der Waals surface area contributed by atoms with Gasteiger partial charge in [-0.2, -0.15) is 0 Å². The fourth-order valence-corrected chi connectivity index (χ4v) is 3.47. The Morgan fingerprint density at radius 3 is 1.27 bits per heavy atom. The molecule has 26 heavy (non-hydrogen) atoms. The normalized spacial score (nSPS) is 18.8. The number of nitrogens with zero attached hydrogens (tertiary/aromatic N) is 2. The lowest BCUT2D eigenvalue weighted by Crippen LogP contribution is -2.39. The summed E-state index contributed by atoms with van der Waals surface area (Å²) in [5.41, 5.74) is 1.23. The number of hydrogen-bond donors (Lipinski definition) is 0. The van der Waals surface area contributed by atoms with Crippen LogP contribution in [-0.2, 0) is 9.59 Å². The van der Waals surface area contributed by atoms with Gasteiger partial charge in [-0.15, -0.1) is 12.8 Å². The molecule has 0 atom stereocenters. The summed E-state index contributed by atoms with van der Waals surface area (Å²) in [6, 6.07) is 0. The van der Waals surface area contributed by atoms with Gasteiger partial charge in [-0.1, -0.05) is 13.2 Å². The van der Waals surface area contributed by atoms with Crippen molar-refractivity contribution < 1.29 is 9.59 Å². The summed E-state index contributed by atoms with van der Waals surface area (Å²) in [7, 11) is 0. The molecular formula is C22H36N2O2. The fraction of sp³-hybridized carbons (Fsp3) is 0.636. The van der Waals surface area contributed by atoms with Crippen LogP contribution in [0.4, 0.5) is 0 Å². The van der Waals surface area contributed by atoms with Gasteiger partial charge in [0.25, 0.3) is 0 Å². The van der Waals surface area contributed by atoms with E-state index >= 15 is 0 Å². The summed E-state index contributed by atoms with van der Waals surface area (Å²) in [6.45, 7) is 18.3. The molecule has 0 saturated heterocycles. The Morgan fingerprint density at radius 2 is 1.08 bits per heavy atom. The zero-order valence-corrected chi connectivity index (χ0v) is 17.1. The van der Waals surface area contributed by atoms with Gasteiger partial charge in [-0.3, -0.25) is 9.59 Å². The highest BCUT2D eigenvalue weighted by Crippen LogP contribution is 2.30. The minimum absolute atomic E-state index is 0.0730. The summed E-state index contributed by atoms with van der Waals surface area (Å²) in [4.78, 5) is 28.0. The van der Waals surface area contributed by atoms with Crippen LogP contribution < -0.4 is 0 Å². The molecule has 0 aliphatic heterocycles. The van der Waals surface area contributed by atoms with E-state index in [1.807, 2.05) is 23.6 Å². The molecule has 1 saturated carbocycles. The predicted octanol–water partition coefficient (Wildman–Crippen LogP) is 3.89. The van der Waals surface area contributed by atoms with Gasteiger partial charge in [0.15, 0.2) is 0 Å². The van der Waals surface area contributed by atoms with E-state index in [1.54, 1.807) is 13.8 Å². The highest BCUT2D eigenvalue weighted by molar-refractivity contribution is 5.92. The van der Waals surface area contributed by atoms with Crippen LogP contribution in [0.25, 0.3) is 0 Å².